The number of nitrogens with zero attached hydrogens (tertiary/aromatic N) is 4. The first-order chi connectivity index (χ1) is 15.4. The zero-order chi connectivity index (χ0) is 23.0. The van der Waals surface area contributed by atoms with Crippen LogP contribution in [0.3, 0.4) is 0 Å². The van der Waals surface area contributed by atoms with Crippen molar-refractivity contribution in [3.63, 3.8) is 0 Å². The summed E-state index contributed by atoms with van der Waals surface area (Å²) < 4.78 is 42.1. The number of aromatic nitrogens is 2. The van der Waals surface area contributed by atoms with Gasteiger partial charge >= 0.3 is 12.1 Å². The second-order valence-electron chi connectivity index (χ2n) is 7.54. The number of likely N-dealkylation sites (tertiary alicyclic amines) is 1. The van der Waals surface area contributed by atoms with Gasteiger partial charge < -0.3 is 14.2 Å². The number of carbonyl (C=O) groups is 1. The molecule has 0 aliphatic carbocycles. The quantitative estimate of drug-likeness (QED) is 0.515. The molecule has 1 fully saturated rings. The first kappa shape index (κ1) is 23.5. The van der Waals surface area contributed by atoms with Gasteiger partial charge in [0.05, 0.1) is 6.54 Å². The van der Waals surface area contributed by atoms with Crippen molar-refractivity contribution in [1.82, 2.24) is 15.1 Å². The van der Waals surface area contributed by atoms with E-state index < -0.39 is 12.1 Å². The molecule has 0 radical (unpaired) electrons. The summed E-state index contributed by atoms with van der Waals surface area (Å²) in [5.74, 6) is -1.60. The van der Waals surface area contributed by atoms with Crippen molar-refractivity contribution in [3.05, 3.63) is 66.1 Å². The molecular formula is C23H25F3N4O2. The van der Waals surface area contributed by atoms with Crippen LogP contribution in [0.4, 0.5) is 18.9 Å². The van der Waals surface area contributed by atoms with Crippen molar-refractivity contribution in [2.45, 2.75) is 32.0 Å². The topological polar surface area (TPSA) is 62.5 Å². The van der Waals surface area contributed by atoms with Gasteiger partial charge in [0.1, 0.15) is 0 Å². The summed E-state index contributed by atoms with van der Waals surface area (Å²) in [6.45, 7) is 2.96. The molecule has 3 aromatic rings. The molecule has 2 heterocycles. The summed E-state index contributed by atoms with van der Waals surface area (Å²) >= 11 is 0. The van der Waals surface area contributed by atoms with Crippen molar-refractivity contribution in [2.24, 2.45) is 0 Å². The van der Waals surface area contributed by atoms with Gasteiger partial charge in [-0.2, -0.15) is 13.2 Å². The van der Waals surface area contributed by atoms with Gasteiger partial charge in [0, 0.05) is 11.3 Å². The van der Waals surface area contributed by atoms with Crippen molar-refractivity contribution >= 4 is 12.1 Å². The van der Waals surface area contributed by atoms with Gasteiger partial charge in [-0.05, 0) is 62.8 Å². The number of hydrogen-bond acceptors (Lipinski definition) is 5. The Bertz CT molecular complexity index is 969. The molecule has 0 atom stereocenters. The molecule has 1 aromatic heterocycles. The van der Waals surface area contributed by atoms with Gasteiger partial charge in [-0.3, -0.25) is 4.79 Å². The summed E-state index contributed by atoms with van der Waals surface area (Å²) in [5.41, 5.74) is 1.91. The highest BCUT2D eigenvalue weighted by Gasteiger charge is 2.38. The zero-order valence-corrected chi connectivity index (χ0v) is 17.8. The third-order valence-electron chi connectivity index (χ3n) is 5.02. The maximum absolute atomic E-state index is 12.5. The monoisotopic (exact) mass is 446 g/mol. The maximum atomic E-state index is 12.5. The van der Waals surface area contributed by atoms with Crippen LogP contribution in [-0.4, -0.2) is 41.6 Å². The largest absolute Gasteiger partial charge is 0.470 e. The first-order valence-corrected chi connectivity index (χ1v) is 10.3. The minimum Gasteiger partial charge on any atom is -0.413 e. The lowest BCUT2D eigenvalue weighted by atomic mass is 10.1. The van der Waals surface area contributed by atoms with Crippen LogP contribution < -0.4 is 4.90 Å². The summed E-state index contributed by atoms with van der Waals surface area (Å²) in [4.78, 5) is 15.2. The van der Waals surface area contributed by atoms with Crippen molar-refractivity contribution < 1.29 is 22.4 Å². The van der Waals surface area contributed by atoms with Gasteiger partial charge in [-0.1, -0.05) is 36.8 Å². The van der Waals surface area contributed by atoms with Crippen LogP contribution in [0.1, 0.15) is 30.7 Å². The average molecular weight is 446 g/mol. The van der Waals surface area contributed by atoms with Crippen LogP contribution in [0, 0.1) is 0 Å². The summed E-state index contributed by atoms with van der Waals surface area (Å²) in [5, 5.41) is 6.40. The molecule has 9 heteroatoms. The molecule has 0 unspecified atom stereocenters. The molecule has 1 aliphatic heterocycles. The van der Waals surface area contributed by atoms with Gasteiger partial charge in [0.25, 0.3) is 0 Å². The molecule has 6 nitrogen and oxygen atoms in total. The highest BCUT2D eigenvalue weighted by Crippen LogP contribution is 2.30. The highest BCUT2D eigenvalue weighted by atomic mass is 19.4. The average Bonchev–Trinajstić information content (AvgIpc) is 3.30. The summed E-state index contributed by atoms with van der Waals surface area (Å²) in [7, 11) is 2.19. The maximum Gasteiger partial charge on any atom is 0.470 e. The number of para-hydroxylation sites is 1. The smallest absolute Gasteiger partial charge is 0.413 e. The molecule has 0 N–H and O–H groups in total. The molecule has 4 rings (SSSR count). The van der Waals surface area contributed by atoms with E-state index in [1.54, 1.807) is 36.4 Å². The normalized spacial score (nSPS) is 14.4. The highest BCUT2D eigenvalue weighted by molar-refractivity contribution is 5.75. The minimum atomic E-state index is -4.68. The number of carbonyl (C=O) groups excluding carboxylic acids is 1. The molecule has 1 aliphatic rings. The molecule has 0 saturated carbocycles. The molecule has 2 aromatic carbocycles. The van der Waals surface area contributed by atoms with E-state index in [-0.39, 0.29) is 5.89 Å². The van der Waals surface area contributed by atoms with Crippen LogP contribution in [0.25, 0.3) is 11.5 Å². The Morgan fingerprint density at radius 2 is 1.66 bits per heavy atom. The Balaban J connectivity index is 0.000000352. The Hall–Kier alpha value is -3.20. The van der Waals surface area contributed by atoms with Gasteiger partial charge in [-0.25, -0.2) is 0 Å². The number of rotatable bonds is 5. The summed E-state index contributed by atoms with van der Waals surface area (Å²) in [6, 6.07) is 15.6. The number of amides is 1. The first-order valence-electron chi connectivity index (χ1n) is 10.3. The van der Waals surface area contributed by atoms with Crippen LogP contribution in [0.5, 0.6) is 0 Å². The van der Waals surface area contributed by atoms with Crippen molar-refractivity contribution in [1.29, 1.82) is 0 Å². The number of piperidine rings is 1. The predicted molar refractivity (Wildman–Crippen MR) is 115 cm³/mol. The zero-order valence-electron chi connectivity index (χ0n) is 17.8. The lowest BCUT2D eigenvalue weighted by Crippen LogP contribution is -2.24. The van der Waals surface area contributed by atoms with E-state index in [4.69, 9.17) is 0 Å². The van der Waals surface area contributed by atoms with Crippen molar-refractivity contribution in [2.75, 3.05) is 25.0 Å². The van der Waals surface area contributed by atoms with Gasteiger partial charge in [-0.15, -0.1) is 10.2 Å². The second kappa shape index (κ2) is 10.9. The van der Waals surface area contributed by atoms with Crippen LogP contribution in [-0.2, 0) is 17.5 Å². The van der Waals surface area contributed by atoms with E-state index >= 15 is 0 Å². The van der Waals surface area contributed by atoms with Gasteiger partial charge in [0.15, 0.2) is 0 Å². The number of alkyl halides is 3. The molecular weight excluding hydrogens is 421 g/mol. The predicted octanol–water partition coefficient (Wildman–Crippen LogP) is 5.02. The second-order valence-corrected chi connectivity index (χ2v) is 7.54. The Morgan fingerprint density at radius 3 is 2.16 bits per heavy atom. The van der Waals surface area contributed by atoms with Gasteiger partial charge in [0.2, 0.25) is 12.3 Å². The standard InChI is InChI=1S/C17H12F3N3O2.C6H13N/c18-17(19,20)16-22-21-15(25-16)13-8-6-12(7-9-13)10-23(11-24)14-4-2-1-3-5-14;1-7-5-3-2-4-6-7/h1-9,11H,10H2;2-6H2,1H3. The number of benzene rings is 2. The number of anilines is 1. The SMILES string of the molecule is CN1CCCCC1.O=CN(Cc1ccc(-c2nnc(C(F)(F)F)o2)cc1)c1ccccc1. The fourth-order valence-electron chi connectivity index (χ4n) is 3.26. The van der Waals surface area contributed by atoms with Crippen LogP contribution >= 0.6 is 0 Å². The summed E-state index contributed by atoms with van der Waals surface area (Å²) in [6.07, 6.45) is 0.319. The molecule has 32 heavy (non-hydrogen) atoms. The molecule has 1 saturated heterocycles. The third kappa shape index (κ3) is 6.65. The van der Waals surface area contributed by atoms with E-state index in [0.717, 1.165) is 17.7 Å². The van der Waals surface area contributed by atoms with E-state index in [1.165, 1.54) is 37.3 Å². The van der Waals surface area contributed by atoms with Crippen LogP contribution in [0.15, 0.2) is 59.0 Å². The molecule has 1 amide bonds. The fourth-order valence-corrected chi connectivity index (χ4v) is 3.26. The fraction of sp³-hybridized carbons (Fsp3) is 0.348. The molecule has 0 bridgehead atoms. The van der Waals surface area contributed by atoms with E-state index in [0.29, 0.717) is 12.1 Å². The van der Waals surface area contributed by atoms with Crippen LogP contribution in [0.2, 0.25) is 0 Å². The van der Waals surface area contributed by atoms with E-state index in [9.17, 15) is 18.0 Å². The lowest BCUT2D eigenvalue weighted by molar-refractivity contribution is -0.156. The number of hydrogen-bond donors (Lipinski definition) is 0. The Morgan fingerprint density at radius 1 is 1.00 bits per heavy atom. The van der Waals surface area contributed by atoms with E-state index in [1.807, 2.05) is 18.2 Å². The third-order valence-corrected chi connectivity index (χ3v) is 5.02. The van der Waals surface area contributed by atoms with E-state index in [2.05, 4.69) is 26.6 Å². The Labute approximate surface area is 184 Å². The number of halogens is 3. The molecule has 170 valence electrons. The molecule has 0 spiro atoms. The van der Waals surface area contributed by atoms with Crippen molar-refractivity contribution in [3.8, 4) is 11.5 Å². The Kier molecular flexibility index (Phi) is 7.99. The minimum absolute atomic E-state index is 0.214. The lowest BCUT2D eigenvalue weighted by Gasteiger charge is -2.20.